The zero-order chi connectivity index (χ0) is 53.1. The number of hydrogen-bond acceptors (Lipinski definition) is 16. The average molecular weight is 1030 g/mol. The Morgan fingerprint density at radius 1 is 0.917 bits per heavy atom. The fraction of sp³-hybridized carbons (Fsp3) is 0.717. The van der Waals surface area contributed by atoms with Crippen LogP contribution >= 0.6 is 0 Å². The van der Waals surface area contributed by atoms with Crippen LogP contribution in [0.1, 0.15) is 131 Å². The molecule has 1 aliphatic carbocycles. The highest BCUT2D eigenvalue weighted by Crippen LogP contribution is 2.38. The van der Waals surface area contributed by atoms with E-state index in [9.17, 15) is 42.9 Å². The van der Waals surface area contributed by atoms with Gasteiger partial charge < -0.3 is 49.4 Å². The number of aryl methyl sites for hydroxylation is 1. The standard InChI is InChI=1S/C53H82N4O14S/c1-31-15-11-10-12-16-32(2)41(56-72(65,66)46-30-55-71-37(46)7)29-40-21-18-36(6)53(64,70-40)50(61)51(62)57-24-14-13-17-42(57)52(63)69-44(33(3)26-38-19-22-43(58)45(28-38)67-8)23-20-39(54)27-35(5)48(60)49(68-9)47(59)34(4)25-31/h10-12,15-16,27,30-31,33-34,36,38-45,48-49,56,58,60,64H,13-14,17-26,28-29,54H2,1-9H3/b12-10+,15-11+,32-16+,35-27+/t31-,33-,34?,36?,38?,39+,40?,41?,42?,43-,44+,45?,48?,49+,53?/m1/s1. The highest BCUT2D eigenvalue weighted by atomic mass is 32.2. The van der Waals surface area contributed by atoms with Crippen molar-refractivity contribution >= 4 is 33.5 Å². The van der Waals surface area contributed by atoms with Gasteiger partial charge >= 0.3 is 5.97 Å². The summed E-state index contributed by atoms with van der Waals surface area (Å²) in [6.45, 7) is 12.3. The third-order valence-electron chi connectivity index (χ3n) is 15.4. The van der Waals surface area contributed by atoms with Gasteiger partial charge in [0.1, 0.15) is 29.2 Å². The molecule has 0 spiro atoms. The molecule has 1 aromatic heterocycles. The molecule has 0 radical (unpaired) electrons. The van der Waals surface area contributed by atoms with Gasteiger partial charge in [-0.2, -0.15) is 0 Å². The predicted octanol–water partition coefficient (Wildman–Crippen LogP) is 5.32. The van der Waals surface area contributed by atoms with Crippen molar-refractivity contribution in [1.82, 2.24) is 14.8 Å². The molecule has 3 aliphatic heterocycles. The van der Waals surface area contributed by atoms with E-state index in [0.717, 1.165) is 12.6 Å². The Kier molecular flexibility index (Phi) is 21.7. The molecule has 18 nitrogen and oxygen atoms in total. The molecule has 5 rings (SSSR count). The number of cyclic esters (lactones) is 1. The molecule has 19 heteroatoms. The Balaban J connectivity index is 1.50. The van der Waals surface area contributed by atoms with E-state index in [4.69, 9.17) is 29.2 Å². The topological polar surface area (TPSA) is 267 Å². The number of methoxy groups -OCH3 is 2. The monoisotopic (exact) mass is 1030 g/mol. The highest BCUT2D eigenvalue weighted by molar-refractivity contribution is 7.89. The molecule has 6 N–H and O–H groups in total. The molecule has 72 heavy (non-hydrogen) atoms. The van der Waals surface area contributed by atoms with Gasteiger partial charge in [-0.05, 0) is 128 Å². The highest BCUT2D eigenvalue weighted by Gasteiger charge is 2.53. The van der Waals surface area contributed by atoms with E-state index in [1.165, 1.54) is 18.9 Å². The second-order valence-corrected chi connectivity index (χ2v) is 22.8. The van der Waals surface area contributed by atoms with E-state index in [0.29, 0.717) is 68.9 Å². The fourth-order valence-corrected chi connectivity index (χ4v) is 12.2. The number of carbonyl (C=O) groups is 4. The normalized spacial score (nSPS) is 37.8. The van der Waals surface area contributed by atoms with Gasteiger partial charge in [0.25, 0.3) is 11.7 Å². The number of rotatable bonds is 8. The Hall–Kier alpha value is -3.92. The molecule has 404 valence electrons. The number of hydrogen-bond donors (Lipinski definition) is 5. The van der Waals surface area contributed by atoms with Crippen LogP contribution in [0, 0.1) is 36.5 Å². The SMILES string of the molecule is COC1CC(C[C@@H](C)[C@@H]2CC[C@H](N)/C=C(\C)C(O)[C@@H](OC)C(=O)C(C)C[C@H](C)/C=C/C=C/C=C(\C)C(NS(=O)(=O)c3cnoc3C)CC3CCC(C)C(O)(O3)C(=O)C(=O)N3CCCCC3C(=O)O2)CC[C@H]1O. The molecule has 1 saturated carbocycles. The molecule has 1 aromatic rings. The molecule has 3 fully saturated rings. The summed E-state index contributed by atoms with van der Waals surface area (Å²) < 4.78 is 59.0. The minimum absolute atomic E-state index is 0.0311. The van der Waals surface area contributed by atoms with E-state index >= 15 is 0 Å². The molecule has 4 heterocycles. The van der Waals surface area contributed by atoms with Gasteiger partial charge in [-0.1, -0.05) is 74.9 Å². The van der Waals surface area contributed by atoms with Gasteiger partial charge in [0.2, 0.25) is 15.8 Å². The minimum Gasteiger partial charge on any atom is -0.461 e. The maximum absolute atomic E-state index is 14.5. The van der Waals surface area contributed by atoms with Gasteiger partial charge in [0, 0.05) is 44.7 Å². The number of aliphatic hydroxyl groups is 3. The molecule has 4 aliphatic rings. The van der Waals surface area contributed by atoms with Crippen LogP contribution in [-0.4, -0.2) is 139 Å². The van der Waals surface area contributed by atoms with Crippen LogP contribution in [0.4, 0.5) is 0 Å². The van der Waals surface area contributed by atoms with Gasteiger partial charge in [0.05, 0.1) is 24.5 Å². The van der Waals surface area contributed by atoms with Gasteiger partial charge in [-0.3, -0.25) is 14.4 Å². The zero-order valence-electron chi connectivity index (χ0n) is 43.7. The van der Waals surface area contributed by atoms with Crippen molar-refractivity contribution in [1.29, 1.82) is 0 Å². The Bertz CT molecular complexity index is 2240. The molecule has 1 amide bonds. The summed E-state index contributed by atoms with van der Waals surface area (Å²) in [6, 6.07) is -2.68. The van der Waals surface area contributed by atoms with Crippen molar-refractivity contribution in [2.24, 2.45) is 35.3 Å². The number of aliphatic hydroxyl groups excluding tert-OH is 2. The first kappa shape index (κ1) is 59.0. The molecule has 15 atom stereocenters. The number of fused-ring (bicyclic) bond motifs is 3. The maximum Gasteiger partial charge on any atom is 0.329 e. The summed E-state index contributed by atoms with van der Waals surface area (Å²) >= 11 is 0. The Labute approximate surface area is 426 Å². The lowest BCUT2D eigenvalue weighted by Gasteiger charge is -2.43. The van der Waals surface area contributed by atoms with Crippen molar-refractivity contribution in [2.75, 3.05) is 20.8 Å². The van der Waals surface area contributed by atoms with Gasteiger partial charge in [-0.15, -0.1) is 0 Å². The number of Topliss-reactive ketones (excluding diaryl/α,β-unsaturated/α-hetero) is 2. The predicted molar refractivity (Wildman–Crippen MR) is 268 cm³/mol. The van der Waals surface area contributed by atoms with Gasteiger partial charge in [0.15, 0.2) is 11.5 Å². The van der Waals surface area contributed by atoms with Crippen molar-refractivity contribution < 1.29 is 66.4 Å². The lowest BCUT2D eigenvalue weighted by atomic mass is 9.78. The van der Waals surface area contributed by atoms with Crippen molar-refractivity contribution in [2.45, 2.75) is 197 Å². The van der Waals surface area contributed by atoms with E-state index in [1.807, 2.05) is 26.0 Å². The number of aromatic nitrogens is 1. The Morgan fingerprint density at radius 3 is 2.33 bits per heavy atom. The van der Waals surface area contributed by atoms with Crippen LogP contribution in [0.3, 0.4) is 0 Å². The summed E-state index contributed by atoms with van der Waals surface area (Å²) in [5.41, 5.74) is 7.70. The first-order chi connectivity index (χ1) is 34.0. The number of allylic oxidation sites excluding steroid dienone is 5. The number of esters is 1. The third kappa shape index (κ3) is 15.1. The first-order valence-corrected chi connectivity index (χ1v) is 27.3. The van der Waals surface area contributed by atoms with Crippen molar-refractivity contribution in [3.63, 3.8) is 0 Å². The summed E-state index contributed by atoms with van der Waals surface area (Å²) in [7, 11) is -1.25. The number of sulfonamides is 1. The second kappa shape index (κ2) is 26.5. The fourth-order valence-electron chi connectivity index (χ4n) is 10.8. The smallest absolute Gasteiger partial charge is 0.329 e. The number of carbonyl (C=O) groups excluding carboxylic acids is 4. The van der Waals surface area contributed by atoms with Crippen LogP contribution < -0.4 is 10.5 Å². The first-order valence-electron chi connectivity index (χ1n) is 25.8. The number of nitrogens with zero attached hydrogens (tertiary/aromatic N) is 2. The second-order valence-electron chi connectivity index (χ2n) is 21.1. The lowest BCUT2D eigenvalue weighted by molar-refractivity contribution is -0.264. The number of ketones is 2. The van der Waals surface area contributed by atoms with Crippen LogP contribution in [0.2, 0.25) is 0 Å². The average Bonchev–Trinajstić information content (AvgIpc) is 3.80. The number of nitrogens with one attached hydrogen (secondary N) is 1. The summed E-state index contributed by atoms with van der Waals surface area (Å²) in [6.07, 6.45) is 12.4. The third-order valence-corrected chi connectivity index (χ3v) is 17.0. The largest absolute Gasteiger partial charge is 0.461 e. The molecular weight excluding hydrogens is 949 g/mol. The van der Waals surface area contributed by atoms with E-state index < -0.39 is 94.0 Å². The number of piperidine rings is 1. The zero-order valence-corrected chi connectivity index (χ0v) is 44.6. The maximum atomic E-state index is 14.5. The quantitative estimate of drug-likeness (QED) is 0.125. The van der Waals surface area contributed by atoms with E-state index in [-0.39, 0.29) is 66.1 Å². The molecular formula is C53H82N4O14S. The Morgan fingerprint density at radius 2 is 1.65 bits per heavy atom. The summed E-state index contributed by atoms with van der Waals surface area (Å²) in [4.78, 5) is 58.1. The van der Waals surface area contributed by atoms with Crippen LogP contribution in [0.15, 0.2) is 63.2 Å². The molecule has 2 bridgehead atoms. The molecule has 2 saturated heterocycles. The van der Waals surface area contributed by atoms with E-state index in [1.54, 1.807) is 59.1 Å². The van der Waals surface area contributed by atoms with Gasteiger partial charge in [-0.25, -0.2) is 17.9 Å². The van der Waals surface area contributed by atoms with E-state index in [2.05, 4.69) is 9.88 Å². The van der Waals surface area contributed by atoms with Crippen LogP contribution in [0.5, 0.6) is 0 Å². The molecule has 0 aromatic carbocycles. The molecule has 9 unspecified atom stereocenters. The van der Waals surface area contributed by atoms with Crippen LogP contribution in [-0.2, 0) is 48.1 Å². The lowest BCUT2D eigenvalue weighted by Crippen LogP contribution is -2.61. The number of nitrogens with two attached hydrogens (primary N) is 1. The number of ether oxygens (including phenoxy) is 4. The van der Waals surface area contributed by atoms with Crippen molar-refractivity contribution in [3.05, 3.63) is 59.6 Å². The number of amides is 1. The minimum atomic E-state index is -4.21. The van der Waals surface area contributed by atoms with Crippen molar-refractivity contribution in [3.8, 4) is 0 Å². The summed E-state index contributed by atoms with van der Waals surface area (Å²) in [5, 5.41) is 37.8. The summed E-state index contributed by atoms with van der Waals surface area (Å²) in [5.74, 6) is -7.20. The van der Waals surface area contributed by atoms with Crippen LogP contribution in [0.25, 0.3) is 0 Å².